The Labute approximate surface area is 115 Å². The summed E-state index contributed by atoms with van der Waals surface area (Å²) in [4.78, 5) is 5.91. The molecule has 18 heavy (non-hydrogen) atoms. The van der Waals surface area contributed by atoms with Crippen molar-refractivity contribution < 1.29 is 0 Å². The lowest BCUT2D eigenvalue weighted by atomic mass is 9.98. The van der Waals surface area contributed by atoms with Gasteiger partial charge < -0.3 is 5.32 Å². The van der Waals surface area contributed by atoms with Crippen LogP contribution in [0, 0.1) is 11.8 Å². The van der Waals surface area contributed by atoms with Crippen LogP contribution in [0.5, 0.6) is 0 Å². The number of nitrogens with one attached hydrogen (secondary N) is 1. The van der Waals surface area contributed by atoms with Crippen molar-refractivity contribution in [1.29, 1.82) is 0 Å². The Kier molecular flexibility index (Phi) is 4.12. The fourth-order valence-electron chi connectivity index (χ4n) is 2.62. The van der Waals surface area contributed by atoms with Crippen LogP contribution >= 0.6 is 11.3 Å². The molecule has 1 aromatic rings. The molecule has 0 bridgehead atoms. The number of nitrogens with zero attached hydrogens (tertiary/aromatic N) is 1. The monoisotopic (exact) mass is 266 g/mol. The summed E-state index contributed by atoms with van der Waals surface area (Å²) in [6, 6.07) is 0.695. The van der Waals surface area contributed by atoms with Gasteiger partial charge in [-0.15, -0.1) is 11.3 Å². The topological polar surface area (TPSA) is 24.9 Å². The second kappa shape index (κ2) is 5.30. The molecule has 2 nitrogen and oxygen atoms in total. The molecule has 1 heterocycles. The van der Waals surface area contributed by atoms with E-state index in [-0.39, 0.29) is 5.41 Å². The molecule has 1 aromatic heterocycles. The molecule has 0 saturated heterocycles. The zero-order valence-electron chi connectivity index (χ0n) is 12.3. The normalized spacial score (nSPS) is 28.8. The summed E-state index contributed by atoms with van der Waals surface area (Å²) in [5.41, 5.74) is 0.179. The minimum atomic E-state index is 0.179. The molecule has 3 heteroatoms. The summed E-state index contributed by atoms with van der Waals surface area (Å²) >= 11 is 1.85. The molecule has 3 atom stereocenters. The highest BCUT2D eigenvalue weighted by Crippen LogP contribution is 2.32. The Bertz CT molecular complexity index is 391. The predicted molar refractivity (Wildman–Crippen MR) is 79.0 cm³/mol. The predicted octanol–water partition coefficient (Wildman–Crippen LogP) is 3.96. The van der Waals surface area contributed by atoms with E-state index in [2.05, 4.69) is 44.9 Å². The molecule has 102 valence electrons. The van der Waals surface area contributed by atoms with Gasteiger partial charge in [-0.2, -0.15) is 0 Å². The van der Waals surface area contributed by atoms with Crippen molar-refractivity contribution in [3.8, 4) is 0 Å². The molecular formula is C15H26N2S. The lowest BCUT2D eigenvalue weighted by molar-refractivity contribution is 0.370. The SMILES string of the molecule is CC1CCC(NCc2cnc(C(C)(C)C)s2)C1C. The van der Waals surface area contributed by atoms with Gasteiger partial charge >= 0.3 is 0 Å². The first-order chi connectivity index (χ1) is 8.38. The molecule has 1 fully saturated rings. The van der Waals surface area contributed by atoms with Gasteiger partial charge in [-0.3, -0.25) is 0 Å². The summed E-state index contributed by atoms with van der Waals surface area (Å²) in [5.74, 6) is 1.68. The van der Waals surface area contributed by atoms with E-state index >= 15 is 0 Å². The van der Waals surface area contributed by atoms with Gasteiger partial charge in [-0.05, 0) is 24.7 Å². The van der Waals surface area contributed by atoms with Crippen molar-refractivity contribution in [2.75, 3.05) is 0 Å². The van der Waals surface area contributed by atoms with Gasteiger partial charge in [-0.1, -0.05) is 34.6 Å². The first-order valence-corrected chi connectivity index (χ1v) is 7.88. The Hall–Kier alpha value is -0.410. The van der Waals surface area contributed by atoms with E-state index in [0.717, 1.165) is 18.4 Å². The highest BCUT2D eigenvalue weighted by Gasteiger charge is 2.29. The Balaban J connectivity index is 1.89. The average molecular weight is 266 g/mol. The second-order valence-corrected chi connectivity index (χ2v) is 7.90. The van der Waals surface area contributed by atoms with Gasteiger partial charge in [0.25, 0.3) is 0 Å². The Morgan fingerprint density at radius 1 is 1.33 bits per heavy atom. The maximum Gasteiger partial charge on any atom is 0.0981 e. The molecule has 1 aliphatic carbocycles. The molecule has 1 N–H and O–H groups in total. The van der Waals surface area contributed by atoms with E-state index in [1.807, 2.05) is 17.5 Å². The first kappa shape index (κ1) is 14.0. The summed E-state index contributed by atoms with van der Waals surface area (Å²) < 4.78 is 0. The Morgan fingerprint density at radius 2 is 2.06 bits per heavy atom. The molecule has 0 aliphatic heterocycles. The third kappa shape index (κ3) is 3.12. The minimum Gasteiger partial charge on any atom is -0.309 e. The summed E-state index contributed by atoms with van der Waals surface area (Å²) in [5, 5.41) is 4.96. The van der Waals surface area contributed by atoms with Crippen LogP contribution in [0.3, 0.4) is 0 Å². The molecule has 0 radical (unpaired) electrons. The molecule has 0 spiro atoms. The lowest BCUT2D eigenvalue weighted by Crippen LogP contribution is -2.31. The average Bonchev–Trinajstić information content (AvgIpc) is 2.86. The van der Waals surface area contributed by atoms with Gasteiger partial charge in [0.05, 0.1) is 5.01 Å². The quantitative estimate of drug-likeness (QED) is 0.895. The van der Waals surface area contributed by atoms with E-state index in [0.29, 0.717) is 6.04 Å². The number of hydrogen-bond donors (Lipinski definition) is 1. The molecule has 2 rings (SSSR count). The molecule has 0 aromatic carbocycles. The summed E-state index contributed by atoms with van der Waals surface area (Å²) in [7, 11) is 0. The zero-order chi connectivity index (χ0) is 13.3. The largest absolute Gasteiger partial charge is 0.309 e. The fraction of sp³-hybridized carbons (Fsp3) is 0.800. The second-order valence-electron chi connectivity index (χ2n) is 6.78. The van der Waals surface area contributed by atoms with Crippen molar-refractivity contribution in [3.63, 3.8) is 0 Å². The van der Waals surface area contributed by atoms with Crippen LogP contribution in [0.25, 0.3) is 0 Å². The van der Waals surface area contributed by atoms with Gasteiger partial charge in [0.2, 0.25) is 0 Å². The smallest absolute Gasteiger partial charge is 0.0981 e. The van der Waals surface area contributed by atoms with E-state index in [1.54, 1.807) is 0 Å². The van der Waals surface area contributed by atoms with Gasteiger partial charge in [0.1, 0.15) is 0 Å². The van der Waals surface area contributed by atoms with E-state index < -0.39 is 0 Å². The number of hydrogen-bond acceptors (Lipinski definition) is 3. The van der Waals surface area contributed by atoms with Crippen LogP contribution in [0.2, 0.25) is 0 Å². The first-order valence-electron chi connectivity index (χ1n) is 7.06. The van der Waals surface area contributed by atoms with Crippen LogP contribution in [-0.2, 0) is 12.0 Å². The maximum absolute atomic E-state index is 4.55. The third-order valence-corrected chi connectivity index (χ3v) is 5.62. The maximum atomic E-state index is 4.55. The van der Waals surface area contributed by atoms with Crippen LogP contribution in [0.15, 0.2) is 6.20 Å². The van der Waals surface area contributed by atoms with E-state index in [4.69, 9.17) is 0 Å². The highest BCUT2D eigenvalue weighted by atomic mass is 32.1. The van der Waals surface area contributed by atoms with Crippen molar-refractivity contribution in [3.05, 3.63) is 16.1 Å². The fourth-order valence-corrected chi connectivity index (χ4v) is 3.54. The highest BCUT2D eigenvalue weighted by molar-refractivity contribution is 7.11. The minimum absolute atomic E-state index is 0.179. The van der Waals surface area contributed by atoms with Gasteiger partial charge in [0, 0.05) is 29.1 Å². The number of aromatic nitrogens is 1. The lowest BCUT2D eigenvalue weighted by Gasteiger charge is -2.19. The third-order valence-electron chi connectivity index (χ3n) is 4.20. The molecule has 0 amide bonds. The van der Waals surface area contributed by atoms with Crippen molar-refractivity contribution >= 4 is 11.3 Å². The number of rotatable bonds is 3. The van der Waals surface area contributed by atoms with Crippen LogP contribution < -0.4 is 5.32 Å². The molecular weight excluding hydrogens is 240 g/mol. The molecule has 1 saturated carbocycles. The summed E-state index contributed by atoms with van der Waals surface area (Å²) in [6.45, 7) is 12.4. The van der Waals surface area contributed by atoms with Crippen molar-refractivity contribution in [2.45, 2.75) is 65.5 Å². The zero-order valence-corrected chi connectivity index (χ0v) is 13.1. The number of thiazole rings is 1. The van der Waals surface area contributed by atoms with Gasteiger partial charge in [0.15, 0.2) is 0 Å². The van der Waals surface area contributed by atoms with Crippen LogP contribution in [0.4, 0.5) is 0 Å². The molecule has 3 unspecified atom stereocenters. The van der Waals surface area contributed by atoms with E-state index in [9.17, 15) is 0 Å². The summed E-state index contributed by atoms with van der Waals surface area (Å²) in [6.07, 6.45) is 4.74. The van der Waals surface area contributed by atoms with Crippen LogP contribution in [-0.4, -0.2) is 11.0 Å². The van der Waals surface area contributed by atoms with Crippen LogP contribution in [0.1, 0.15) is 57.3 Å². The van der Waals surface area contributed by atoms with Crippen molar-refractivity contribution in [2.24, 2.45) is 11.8 Å². The van der Waals surface area contributed by atoms with Gasteiger partial charge in [-0.25, -0.2) is 4.98 Å². The Morgan fingerprint density at radius 3 is 2.56 bits per heavy atom. The standard InChI is InChI=1S/C15H26N2S/c1-10-6-7-13(11(10)2)16-8-12-9-17-14(18-12)15(3,4)5/h9-11,13,16H,6-8H2,1-5H3. The molecule has 1 aliphatic rings. The van der Waals surface area contributed by atoms with E-state index in [1.165, 1.54) is 22.7 Å². The van der Waals surface area contributed by atoms with Crippen molar-refractivity contribution in [1.82, 2.24) is 10.3 Å².